The summed E-state index contributed by atoms with van der Waals surface area (Å²) in [6.07, 6.45) is 0.270. The molecule has 0 bridgehead atoms. The molecule has 0 saturated heterocycles. The van der Waals surface area contributed by atoms with E-state index in [1.54, 1.807) is 0 Å². The Balaban J connectivity index is 2.89. The maximum absolute atomic E-state index is 13.0. The predicted octanol–water partition coefficient (Wildman–Crippen LogP) is 2.76. The van der Waals surface area contributed by atoms with Crippen molar-refractivity contribution in [1.29, 1.82) is 0 Å². The second-order valence-corrected chi connectivity index (χ2v) is 3.22. The summed E-state index contributed by atoms with van der Waals surface area (Å²) in [7, 11) is 0. The molecule has 1 rings (SSSR count). The Morgan fingerprint density at radius 2 is 2.25 bits per heavy atom. The molecule has 3 nitrogen and oxygen atoms in total. The molecule has 0 unspecified atom stereocenters. The third-order valence-electron chi connectivity index (χ3n) is 2.02. The Morgan fingerprint density at radius 3 is 2.88 bits per heavy atom. The number of halogens is 2. The third-order valence-corrected chi connectivity index (χ3v) is 2.02. The molecule has 0 atom stereocenters. The first kappa shape index (κ1) is 12.4. The molecule has 0 aromatic heterocycles. The molecule has 0 heterocycles. The molecule has 0 aliphatic heterocycles. The van der Waals surface area contributed by atoms with Crippen molar-refractivity contribution in [3.63, 3.8) is 0 Å². The van der Waals surface area contributed by atoms with Crippen LogP contribution in [0.4, 0.5) is 8.78 Å². The van der Waals surface area contributed by atoms with E-state index in [1.807, 2.05) is 0 Å². The smallest absolute Gasteiger partial charge is 0.128 e. The number of oxime groups is 1. The van der Waals surface area contributed by atoms with Gasteiger partial charge in [0.15, 0.2) is 0 Å². The lowest BCUT2D eigenvalue weighted by molar-refractivity contribution is 0.288. The minimum absolute atomic E-state index is 0.202. The molecular weight excluding hydrogens is 216 g/mol. The van der Waals surface area contributed by atoms with Gasteiger partial charge in [-0.3, -0.25) is 4.39 Å². The highest BCUT2D eigenvalue weighted by atomic mass is 19.1. The van der Waals surface area contributed by atoms with Crippen molar-refractivity contribution >= 4 is 5.71 Å². The van der Waals surface area contributed by atoms with Crippen molar-refractivity contribution in [2.75, 3.05) is 13.3 Å². The van der Waals surface area contributed by atoms with Crippen LogP contribution in [-0.2, 0) is 0 Å². The first-order valence-electron chi connectivity index (χ1n) is 4.86. The van der Waals surface area contributed by atoms with E-state index in [2.05, 4.69) is 5.16 Å². The third kappa shape index (κ3) is 3.18. The molecule has 0 amide bonds. The minimum atomic E-state index is -0.469. The van der Waals surface area contributed by atoms with Crippen LogP contribution in [0, 0.1) is 5.82 Å². The van der Waals surface area contributed by atoms with Crippen molar-refractivity contribution in [3.05, 3.63) is 29.6 Å². The van der Waals surface area contributed by atoms with Crippen LogP contribution in [0.15, 0.2) is 23.4 Å². The van der Waals surface area contributed by atoms with Gasteiger partial charge in [-0.15, -0.1) is 0 Å². The van der Waals surface area contributed by atoms with Gasteiger partial charge >= 0.3 is 0 Å². The number of nitrogens with zero attached hydrogens (tertiary/aromatic N) is 1. The number of rotatable bonds is 5. The van der Waals surface area contributed by atoms with Crippen LogP contribution in [0.3, 0.4) is 0 Å². The number of alkyl halides is 1. The first-order valence-corrected chi connectivity index (χ1v) is 4.86. The second kappa shape index (κ2) is 6.05. The largest absolute Gasteiger partial charge is 0.493 e. The highest BCUT2D eigenvalue weighted by Crippen LogP contribution is 2.20. The molecule has 5 heteroatoms. The van der Waals surface area contributed by atoms with Gasteiger partial charge in [0.1, 0.15) is 11.6 Å². The fourth-order valence-electron chi connectivity index (χ4n) is 1.20. The summed E-state index contributed by atoms with van der Waals surface area (Å²) in [5, 5.41) is 11.6. The summed E-state index contributed by atoms with van der Waals surface area (Å²) >= 11 is 0. The minimum Gasteiger partial charge on any atom is -0.493 e. The summed E-state index contributed by atoms with van der Waals surface area (Å²) in [6, 6.07) is 3.87. The van der Waals surface area contributed by atoms with Gasteiger partial charge in [-0.25, -0.2) is 4.39 Å². The van der Waals surface area contributed by atoms with Crippen molar-refractivity contribution in [2.45, 2.75) is 13.3 Å². The molecule has 0 spiro atoms. The highest BCUT2D eigenvalue weighted by molar-refractivity contribution is 6.00. The quantitative estimate of drug-likeness (QED) is 0.365. The fraction of sp³-hybridized carbons (Fsp3) is 0.364. The van der Waals surface area contributed by atoms with Gasteiger partial charge in [0.2, 0.25) is 0 Å². The van der Waals surface area contributed by atoms with Crippen molar-refractivity contribution in [3.8, 4) is 5.75 Å². The molecule has 1 N–H and O–H groups in total. The Kier molecular flexibility index (Phi) is 4.69. The first-order chi connectivity index (χ1) is 7.69. The molecule has 0 radical (unpaired) electrons. The molecule has 88 valence electrons. The van der Waals surface area contributed by atoms with Crippen molar-refractivity contribution in [2.24, 2.45) is 5.16 Å². The Bertz CT molecular complexity index is 380. The second-order valence-electron chi connectivity index (χ2n) is 3.22. The highest BCUT2D eigenvalue weighted by Gasteiger charge is 2.08. The number of ether oxygens (including phenoxy) is 1. The molecule has 1 aromatic rings. The zero-order valence-electron chi connectivity index (χ0n) is 8.91. The summed E-state index contributed by atoms with van der Waals surface area (Å²) in [5.41, 5.74) is 0.608. The summed E-state index contributed by atoms with van der Waals surface area (Å²) in [5.74, 6) is -0.0685. The van der Waals surface area contributed by atoms with E-state index in [0.29, 0.717) is 11.3 Å². The number of benzene rings is 1. The summed E-state index contributed by atoms with van der Waals surface area (Å²) in [4.78, 5) is 0. The predicted molar refractivity (Wildman–Crippen MR) is 56.5 cm³/mol. The lowest BCUT2D eigenvalue weighted by Crippen LogP contribution is -2.04. The van der Waals surface area contributed by atoms with E-state index in [9.17, 15) is 8.78 Å². The maximum atomic E-state index is 13.0. The Morgan fingerprint density at radius 1 is 1.50 bits per heavy atom. The Hall–Kier alpha value is -1.65. The molecule has 0 fully saturated rings. The van der Waals surface area contributed by atoms with Crippen LogP contribution >= 0.6 is 0 Å². The van der Waals surface area contributed by atoms with Gasteiger partial charge < -0.3 is 9.94 Å². The summed E-state index contributed by atoms with van der Waals surface area (Å²) < 4.78 is 30.1. The molecule has 0 aliphatic carbocycles. The van der Waals surface area contributed by atoms with Crippen molar-refractivity contribution in [1.82, 2.24) is 0 Å². The van der Waals surface area contributed by atoms with Gasteiger partial charge in [0.25, 0.3) is 0 Å². The van der Waals surface area contributed by atoms with Gasteiger partial charge in [-0.1, -0.05) is 5.16 Å². The molecule has 1 aromatic carbocycles. The van der Waals surface area contributed by atoms with Crippen LogP contribution in [0.2, 0.25) is 0 Å². The van der Waals surface area contributed by atoms with Gasteiger partial charge in [-0.2, -0.15) is 0 Å². The normalized spacial score (nSPS) is 11.6. The number of hydrogen-bond acceptors (Lipinski definition) is 3. The zero-order chi connectivity index (χ0) is 12.0. The standard InChI is InChI=1S/C11H13F2NO2/c1-8(14-15)10-7-9(13)3-4-11(10)16-6-2-5-12/h3-4,7,15H,2,5-6H2,1H3/b14-8-. The summed E-state index contributed by atoms with van der Waals surface area (Å²) in [6.45, 7) is 1.26. The van der Waals surface area contributed by atoms with Gasteiger partial charge in [0, 0.05) is 12.0 Å². The van der Waals surface area contributed by atoms with E-state index in [0.717, 1.165) is 0 Å². The van der Waals surface area contributed by atoms with Crippen LogP contribution in [0.1, 0.15) is 18.9 Å². The average Bonchev–Trinajstić information content (AvgIpc) is 2.30. The maximum Gasteiger partial charge on any atom is 0.128 e. The van der Waals surface area contributed by atoms with E-state index >= 15 is 0 Å². The van der Waals surface area contributed by atoms with Crippen LogP contribution < -0.4 is 4.74 Å². The molecular formula is C11H13F2NO2. The van der Waals surface area contributed by atoms with Gasteiger partial charge in [-0.05, 0) is 25.1 Å². The molecule has 16 heavy (non-hydrogen) atoms. The van der Waals surface area contributed by atoms with Crippen LogP contribution in [0.5, 0.6) is 5.75 Å². The lowest BCUT2D eigenvalue weighted by Gasteiger charge is -2.10. The van der Waals surface area contributed by atoms with Crippen LogP contribution in [0.25, 0.3) is 0 Å². The lowest BCUT2D eigenvalue weighted by atomic mass is 10.1. The monoisotopic (exact) mass is 229 g/mol. The fourth-order valence-corrected chi connectivity index (χ4v) is 1.20. The number of hydrogen-bond donors (Lipinski definition) is 1. The van der Waals surface area contributed by atoms with Crippen molar-refractivity contribution < 1.29 is 18.7 Å². The topological polar surface area (TPSA) is 41.8 Å². The van der Waals surface area contributed by atoms with E-state index < -0.39 is 12.5 Å². The molecule has 0 aliphatic rings. The van der Waals surface area contributed by atoms with Crippen LogP contribution in [-0.4, -0.2) is 24.2 Å². The zero-order valence-corrected chi connectivity index (χ0v) is 8.91. The van der Waals surface area contributed by atoms with E-state index in [-0.39, 0.29) is 18.7 Å². The SMILES string of the molecule is C/C(=N/O)c1cc(F)ccc1OCCCF. The van der Waals surface area contributed by atoms with E-state index in [4.69, 9.17) is 9.94 Å². The molecule has 0 saturated carbocycles. The van der Waals surface area contributed by atoms with Gasteiger partial charge in [0.05, 0.1) is 19.0 Å². The average molecular weight is 229 g/mol. The van der Waals surface area contributed by atoms with E-state index in [1.165, 1.54) is 25.1 Å². The Labute approximate surface area is 92.3 Å².